The minimum Gasteiger partial charge on any atom is -0.385 e. The number of H-pyrrole nitrogens is 3. The highest BCUT2D eigenvalue weighted by Crippen LogP contribution is 2.30. The predicted molar refractivity (Wildman–Crippen MR) is 479 cm³/mol. The van der Waals surface area contributed by atoms with Crippen LogP contribution in [0.15, 0.2) is 187 Å². The fourth-order valence-electron chi connectivity index (χ4n) is 13.9. The zero-order valence-electron chi connectivity index (χ0n) is 65.8. The molecule has 660 valence electrons. The molecule has 3 fully saturated rings. The summed E-state index contributed by atoms with van der Waals surface area (Å²) in [5, 5.41) is 17.1. The molecule has 12 aromatic rings. The normalized spacial score (nSPS) is 14.1. The molecule has 0 aliphatic carbocycles. The molecule has 6 aromatic carbocycles. The SMILES string of the molecule is O=C(Nc1ccc(-n2c(=O)[nH]c3cc(NCCCN4CCCC4)ccc3c2=O)c(F)c1)NS(=O)(=O)c1ccc(Cl)s1.O=C(Nc1ccc(-n2c(=O)[nH]c3cc(NCCCN4CCCCC4)ccc3c2=O)c(F)c1)NS(=O)(=O)c1ccc(Cl)s1.O=C(Nc1ccc(-n2c(=O)[nH]c3cc(NCCCN4CCOCC4)ccc3c2=O)c(F)c1)NS(=O)(=O)c1ccc(Cl)s1. The number of nitrogens with one attached hydrogen (secondary N) is 12. The number of carbonyl (C=O) groups excluding carboxylic acids is 3. The average Bonchev–Trinajstić information content (AvgIpc) is 1.49. The van der Waals surface area contributed by atoms with Gasteiger partial charge in [0.2, 0.25) is 0 Å². The van der Waals surface area contributed by atoms with Gasteiger partial charge < -0.3 is 61.4 Å². The highest BCUT2D eigenvalue weighted by atomic mass is 35.5. The van der Waals surface area contributed by atoms with Gasteiger partial charge in [-0.3, -0.25) is 19.3 Å². The van der Waals surface area contributed by atoms with Crippen LogP contribution in [0.25, 0.3) is 49.8 Å². The van der Waals surface area contributed by atoms with E-state index in [4.69, 9.17) is 39.5 Å². The van der Waals surface area contributed by atoms with E-state index in [0.29, 0.717) is 36.8 Å². The Morgan fingerprint density at radius 3 is 0.928 bits per heavy atom. The summed E-state index contributed by atoms with van der Waals surface area (Å²) < 4.78 is 132. The van der Waals surface area contributed by atoms with E-state index in [0.717, 1.165) is 192 Å². The summed E-state index contributed by atoms with van der Waals surface area (Å²) in [6.45, 7) is 13.0. The molecule has 125 heavy (non-hydrogen) atoms. The number of halogens is 6. The van der Waals surface area contributed by atoms with E-state index in [1.54, 1.807) is 64.0 Å². The summed E-state index contributed by atoms with van der Waals surface area (Å²) >= 11 is 19.5. The summed E-state index contributed by atoms with van der Waals surface area (Å²) in [6.07, 6.45) is 9.08. The van der Waals surface area contributed by atoms with Gasteiger partial charge in [-0.25, -0.2) is 95.1 Å². The van der Waals surface area contributed by atoms with E-state index in [2.05, 4.69) is 61.6 Å². The first-order chi connectivity index (χ1) is 59.8. The largest absolute Gasteiger partial charge is 0.385 e. The molecular weight excluding hydrogens is 1810 g/mol. The van der Waals surface area contributed by atoms with Crippen LogP contribution in [0.2, 0.25) is 13.0 Å². The minimum absolute atomic E-state index is 0.102. The highest BCUT2D eigenvalue weighted by Gasteiger charge is 2.27. The quantitative estimate of drug-likeness (QED) is 0.0213. The molecule has 0 radical (unpaired) electrons. The fraction of sp³-hybridized carbons (Fsp3) is 0.278. The molecular formula is C79H80Cl3F3N18O16S6. The first-order valence-corrected chi connectivity index (χ1v) is 46.9. The summed E-state index contributed by atoms with van der Waals surface area (Å²) in [4.78, 5) is 130. The molecule has 34 nitrogen and oxygen atoms in total. The number of carbonyl (C=O) groups is 3. The molecule has 0 atom stereocenters. The van der Waals surface area contributed by atoms with E-state index < -0.39 is 99.4 Å². The van der Waals surface area contributed by atoms with Crippen LogP contribution in [0, 0.1) is 17.5 Å². The van der Waals surface area contributed by atoms with Crippen molar-refractivity contribution in [2.24, 2.45) is 0 Å². The lowest BCUT2D eigenvalue weighted by atomic mass is 10.1. The molecule has 6 amide bonds. The molecule has 3 saturated heterocycles. The number of benzene rings is 6. The molecule has 12 N–H and O–H groups in total. The molecule has 46 heteroatoms. The van der Waals surface area contributed by atoms with Crippen LogP contribution in [0.1, 0.15) is 51.4 Å². The first kappa shape index (κ1) is 91.5. The van der Waals surface area contributed by atoms with Gasteiger partial charge in [-0.05, 0) is 236 Å². The van der Waals surface area contributed by atoms with E-state index in [9.17, 15) is 68.4 Å². The van der Waals surface area contributed by atoms with Crippen LogP contribution in [0.4, 0.5) is 61.7 Å². The van der Waals surface area contributed by atoms with Gasteiger partial charge in [0, 0.05) is 66.8 Å². The van der Waals surface area contributed by atoms with Gasteiger partial charge in [0.05, 0.1) is 76.0 Å². The van der Waals surface area contributed by atoms with Crippen LogP contribution >= 0.6 is 68.8 Å². The Morgan fingerprint density at radius 1 is 0.368 bits per heavy atom. The van der Waals surface area contributed by atoms with Crippen molar-refractivity contribution in [2.45, 2.75) is 64.0 Å². The van der Waals surface area contributed by atoms with Crippen LogP contribution < -0.4 is 79.8 Å². The van der Waals surface area contributed by atoms with Crippen molar-refractivity contribution in [2.75, 3.05) is 124 Å². The lowest BCUT2D eigenvalue weighted by Crippen LogP contribution is -2.37. The molecule has 9 heterocycles. The number of thiophene rings is 3. The van der Waals surface area contributed by atoms with Gasteiger partial charge in [-0.15, -0.1) is 34.0 Å². The van der Waals surface area contributed by atoms with Crippen molar-refractivity contribution in [3.8, 4) is 17.1 Å². The standard InChI is InChI=1S/C27H28ClFN6O5S2.C26H26ClFN6O6S2.C26H26ClFN6O5S2/c28-23-9-10-24(41-23)42(39,40)33-26(37)31-18-6-8-22(20(29)15-18)35-25(36)19-7-5-17(16-21(19)32-27(35)38)30-11-4-14-34-12-2-1-3-13-34;27-22-6-7-23(41-22)42(38,39)32-25(36)30-17-3-5-21(19(28)14-17)34-24(35)18-4-2-16(15-20(18)31-26(34)37)29-8-1-9-33-10-12-40-13-11-33;27-22-8-9-23(40-22)41(38,39)32-25(36)30-17-5-7-21(19(28)14-17)34-24(35)18-6-4-16(15-20(18)31-26(34)37)29-10-3-13-33-11-1-2-12-33/h5-10,15-16,30H,1-4,11-14H2,(H,32,38)(H2,31,33,37);2-7,14-15,29H,1,8-13H2,(H,31,37)(H2,30,32,36);4-9,14-15,29H,1-3,10-13H2,(H,31,37)(H2,30,32,36). The van der Waals surface area contributed by atoms with Crippen molar-refractivity contribution in [3.63, 3.8) is 0 Å². The highest BCUT2D eigenvalue weighted by molar-refractivity contribution is 7.93. The third kappa shape index (κ3) is 23.5. The van der Waals surface area contributed by atoms with E-state index in [1.165, 1.54) is 86.7 Å². The molecule has 0 saturated carbocycles. The number of morpholine rings is 1. The number of urea groups is 3. The van der Waals surface area contributed by atoms with Gasteiger partial charge in [-0.2, -0.15) is 0 Å². The third-order valence-electron chi connectivity index (χ3n) is 19.8. The number of aromatic nitrogens is 6. The average molecular weight is 1890 g/mol. The second-order valence-electron chi connectivity index (χ2n) is 28.6. The zero-order valence-corrected chi connectivity index (χ0v) is 73.0. The molecule has 6 aromatic heterocycles. The Morgan fingerprint density at radius 2 is 0.648 bits per heavy atom. The number of anilines is 6. The summed E-state index contributed by atoms with van der Waals surface area (Å²) in [6, 6.07) is 29.0. The van der Waals surface area contributed by atoms with Gasteiger partial charge in [-0.1, -0.05) is 41.2 Å². The maximum atomic E-state index is 15.1. The first-order valence-electron chi connectivity index (χ1n) is 38.8. The van der Waals surface area contributed by atoms with Gasteiger partial charge in [0.1, 0.15) is 30.1 Å². The molecule has 0 unspecified atom stereocenters. The number of piperidine rings is 1. The number of likely N-dealkylation sites (tertiary alicyclic amines) is 2. The monoisotopic (exact) mass is 1890 g/mol. The van der Waals surface area contributed by atoms with Crippen molar-refractivity contribution in [1.29, 1.82) is 0 Å². The molecule has 3 aliphatic heterocycles. The Hall–Kier alpha value is -11.2. The number of hydrogen-bond acceptors (Lipinski definition) is 25. The van der Waals surface area contributed by atoms with Crippen LogP contribution in [0.3, 0.4) is 0 Å². The third-order valence-corrected chi connectivity index (χ3v) is 29.0. The lowest BCUT2D eigenvalue weighted by molar-refractivity contribution is 0.0378. The van der Waals surface area contributed by atoms with Crippen molar-refractivity contribution in [3.05, 3.63) is 239 Å². The van der Waals surface area contributed by atoms with Crippen molar-refractivity contribution >= 4 is 184 Å². The number of sulfonamides is 3. The molecule has 0 bridgehead atoms. The lowest BCUT2D eigenvalue weighted by Gasteiger charge is -2.26. The second-order valence-corrected chi connectivity index (χ2v) is 39.5. The summed E-state index contributed by atoms with van der Waals surface area (Å²) in [5.74, 6) is -2.97. The number of nitrogens with zero attached hydrogens (tertiary/aromatic N) is 6. The number of fused-ring (bicyclic) bond motifs is 3. The minimum atomic E-state index is -4.19. The maximum absolute atomic E-state index is 15.1. The van der Waals surface area contributed by atoms with E-state index in [-0.39, 0.29) is 75.9 Å². The van der Waals surface area contributed by atoms with Crippen LogP contribution in [-0.2, 0) is 34.8 Å². The molecule has 0 spiro atoms. The number of amides is 6. The van der Waals surface area contributed by atoms with Gasteiger partial charge >= 0.3 is 35.2 Å². The summed E-state index contributed by atoms with van der Waals surface area (Å²) in [5.41, 5.74) is -2.91. The Bertz CT molecular complexity index is 6540. The molecule has 15 rings (SSSR count). The van der Waals surface area contributed by atoms with Crippen molar-refractivity contribution < 1.29 is 57.5 Å². The number of rotatable bonds is 27. The topological polar surface area (TPSA) is 445 Å². The zero-order chi connectivity index (χ0) is 88.9. The Kier molecular flexibility index (Phi) is 29.9. The Balaban J connectivity index is 0.000000161. The van der Waals surface area contributed by atoms with Gasteiger partial charge in [0.25, 0.3) is 46.7 Å². The fourth-order valence-corrected chi connectivity index (χ4v) is 21.0. The predicted octanol–water partition coefficient (Wildman–Crippen LogP) is 11.5. The summed E-state index contributed by atoms with van der Waals surface area (Å²) in [7, 11) is -12.6. The smallest absolute Gasteiger partial charge is 0.333 e. The number of aromatic amines is 3. The number of ether oxygens (including phenoxy) is 1. The maximum Gasteiger partial charge on any atom is 0.333 e. The second kappa shape index (κ2) is 40.8. The number of hydrogen-bond donors (Lipinski definition) is 12. The van der Waals surface area contributed by atoms with E-state index >= 15 is 13.2 Å². The van der Waals surface area contributed by atoms with Gasteiger partial charge in [0.15, 0.2) is 0 Å². The Labute approximate surface area is 736 Å². The van der Waals surface area contributed by atoms with Crippen molar-refractivity contribution in [1.82, 2.24) is 57.5 Å². The molecule has 3 aliphatic rings. The van der Waals surface area contributed by atoms with Crippen LogP contribution in [-0.4, -0.2) is 178 Å². The van der Waals surface area contributed by atoms with E-state index in [1.807, 2.05) is 4.72 Å². The van der Waals surface area contributed by atoms with Crippen LogP contribution in [0.5, 0.6) is 0 Å².